The van der Waals surface area contributed by atoms with E-state index in [1.807, 2.05) is 39.0 Å². The van der Waals surface area contributed by atoms with Crippen molar-refractivity contribution < 1.29 is 9.59 Å². The van der Waals surface area contributed by atoms with E-state index < -0.39 is 6.04 Å². The number of aryl methyl sites for hydroxylation is 2. The summed E-state index contributed by atoms with van der Waals surface area (Å²) in [5, 5.41) is 3.08. The topological polar surface area (TPSA) is 49.4 Å². The molecule has 2 aromatic rings. The molecule has 0 heterocycles. The van der Waals surface area contributed by atoms with Crippen molar-refractivity contribution in [1.29, 1.82) is 0 Å². The number of hydrogen-bond acceptors (Lipinski definition) is 2. The van der Waals surface area contributed by atoms with Gasteiger partial charge in [0.1, 0.15) is 6.04 Å². The molecular formula is C29H42N2O2. The van der Waals surface area contributed by atoms with E-state index in [-0.39, 0.29) is 23.3 Å². The number of amides is 2. The summed E-state index contributed by atoms with van der Waals surface area (Å²) >= 11 is 0. The van der Waals surface area contributed by atoms with E-state index >= 15 is 0 Å². The average Bonchev–Trinajstić information content (AvgIpc) is 2.78. The van der Waals surface area contributed by atoms with Crippen LogP contribution in [0.2, 0.25) is 0 Å². The highest BCUT2D eigenvalue weighted by Gasteiger charge is 2.29. The zero-order valence-corrected chi connectivity index (χ0v) is 21.6. The van der Waals surface area contributed by atoms with Crippen molar-refractivity contribution in [3.05, 3.63) is 70.8 Å². The van der Waals surface area contributed by atoms with Crippen LogP contribution in [-0.2, 0) is 28.0 Å². The van der Waals surface area contributed by atoms with Gasteiger partial charge in [-0.1, -0.05) is 83.1 Å². The third kappa shape index (κ3) is 7.73. The van der Waals surface area contributed by atoms with Crippen LogP contribution in [0.5, 0.6) is 0 Å². The average molecular weight is 451 g/mol. The minimum Gasteiger partial charge on any atom is -0.352 e. The van der Waals surface area contributed by atoms with Crippen LogP contribution in [0, 0.1) is 6.92 Å². The summed E-state index contributed by atoms with van der Waals surface area (Å²) in [6.45, 7) is 15.1. The monoisotopic (exact) mass is 450 g/mol. The van der Waals surface area contributed by atoms with Crippen LogP contribution in [0.25, 0.3) is 0 Å². The second kappa shape index (κ2) is 12.0. The molecule has 0 spiro atoms. The van der Waals surface area contributed by atoms with Crippen LogP contribution in [-0.4, -0.2) is 28.8 Å². The summed E-state index contributed by atoms with van der Waals surface area (Å²) in [6.07, 6.45) is 2.49. The summed E-state index contributed by atoms with van der Waals surface area (Å²) in [6, 6.07) is 16.2. The molecule has 0 aliphatic heterocycles. The molecule has 2 aromatic carbocycles. The number of nitrogens with zero attached hydrogens (tertiary/aromatic N) is 1. The van der Waals surface area contributed by atoms with Gasteiger partial charge in [0.05, 0.1) is 0 Å². The van der Waals surface area contributed by atoms with Gasteiger partial charge in [-0.3, -0.25) is 9.59 Å². The fraction of sp³-hybridized carbons (Fsp3) is 0.517. The van der Waals surface area contributed by atoms with Gasteiger partial charge in [-0.25, -0.2) is 0 Å². The van der Waals surface area contributed by atoms with E-state index in [4.69, 9.17) is 0 Å². The van der Waals surface area contributed by atoms with Gasteiger partial charge in [0.25, 0.3) is 0 Å². The predicted octanol–water partition coefficient (Wildman–Crippen LogP) is 5.95. The van der Waals surface area contributed by atoms with E-state index in [1.165, 1.54) is 5.56 Å². The second-order valence-electron chi connectivity index (χ2n) is 10.1. The molecule has 0 fully saturated rings. The first kappa shape index (κ1) is 26.6. The standard InChI is InChI=1S/C29H42N2O2/c1-8-22(4)30-28(33)26(9-2)31(20-24-13-11-10-12-21(24)3)27(32)19-16-23-14-17-25(18-15-23)29(5,6)7/h10-15,17-18,22,26H,8-9,16,19-20H2,1-7H3,(H,30,33)/t22-,26-/m0/s1. The highest BCUT2D eigenvalue weighted by Crippen LogP contribution is 2.23. The third-order valence-corrected chi connectivity index (χ3v) is 6.44. The molecule has 180 valence electrons. The Morgan fingerprint density at radius 3 is 2.15 bits per heavy atom. The number of carbonyl (C=O) groups excluding carboxylic acids is 2. The highest BCUT2D eigenvalue weighted by molar-refractivity contribution is 5.88. The first-order chi connectivity index (χ1) is 15.6. The van der Waals surface area contributed by atoms with Crippen LogP contribution in [0.4, 0.5) is 0 Å². The van der Waals surface area contributed by atoms with Crippen LogP contribution in [0.3, 0.4) is 0 Å². The lowest BCUT2D eigenvalue weighted by Gasteiger charge is -2.32. The molecule has 2 amide bonds. The Morgan fingerprint density at radius 2 is 1.61 bits per heavy atom. The Labute approximate surface area is 200 Å². The van der Waals surface area contributed by atoms with Gasteiger partial charge < -0.3 is 10.2 Å². The number of hydrogen-bond donors (Lipinski definition) is 1. The fourth-order valence-electron chi connectivity index (χ4n) is 3.90. The van der Waals surface area contributed by atoms with E-state index in [0.29, 0.717) is 25.8 Å². The maximum absolute atomic E-state index is 13.5. The Hall–Kier alpha value is -2.62. The van der Waals surface area contributed by atoms with E-state index in [1.54, 1.807) is 4.90 Å². The van der Waals surface area contributed by atoms with Crippen LogP contribution in [0.1, 0.15) is 83.1 Å². The number of rotatable bonds is 10. The summed E-state index contributed by atoms with van der Waals surface area (Å²) in [5.41, 5.74) is 4.74. The molecule has 0 saturated carbocycles. The Kier molecular flexibility index (Phi) is 9.70. The SMILES string of the molecule is CC[C@H](C)NC(=O)[C@H](CC)N(Cc1ccccc1C)C(=O)CCc1ccc(C(C)(C)C)cc1. The predicted molar refractivity (Wildman–Crippen MR) is 137 cm³/mol. The molecule has 1 N–H and O–H groups in total. The zero-order chi connectivity index (χ0) is 24.6. The van der Waals surface area contributed by atoms with E-state index in [9.17, 15) is 9.59 Å². The van der Waals surface area contributed by atoms with Gasteiger partial charge >= 0.3 is 0 Å². The molecule has 33 heavy (non-hydrogen) atoms. The molecule has 4 nitrogen and oxygen atoms in total. The van der Waals surface area contributed by atoms with Crippen LogP contribution < -0.4 is 5.32 Å². The van der Waals surface area contributed by atoms with Crippen molar-refractivity contribution in [1.82, 2.24) is 10.2 Å². The van der Waals surface area contributed by atoms with Crippen molar-refractivity contribution in [2.24, 2.45) is 0 Å². The minimum absolute atomic E-state index is 0.0179. The molecule has 2 rings (SSSR count). The van der Waals surface area contributed by atoms with Crippen LogP contribution in [0.15, 0.2) is 48.5 Å². The third-order valence-electron chi connectivity index (χ3n) is 6.44. The zero-order valence-electron chi connectivity index (χ0n) is 21.6. The summed E-state index contributed by atoms with van der Waals surface area (Å²) in [4.78, 5) is 28.3. The van der Waals surface area contributed by atoms with Crippen molar-refractivity contribution in [2.45, 2.75) is 98.2 Å². The van der Waals surface area contributed by atoms with Crippen molar-refractivity contribution >= 4 is 11.8 Å². The van der Waals surface area contributed by atoms with E-state index in [0.717, 1.165) is 23.1 Å². The molecule has 0 aromatic heterocycles. The van der Waals surface area contributed by atoms with Gasteiger partial charge in [0.2, 0.25) is 11.8 Å². The van der Waals surface area contributed by atoms with E-state index in [2.05, 4.69) is 63.3 Å². The molecule has 0 aliphatic rings. The normalized spacial score (nSPS) is 13.3. The maximum atomic E-state index is 13.5. The van der Waals surface area contributed by atoms with Gasteiger partial charge in [-0.15, -0.1) is 0 Å². The molecule has 2 atom stereocenters. The highest BCUT2D eigenvalue weighted by atomic mass is 16.2. The quantitative estimate of drug-likeness (QED) is 0.486. The Bertz CT molecular complexity index is 912. The Morgan fingerprint density at radius 1 is 0.970 bits per heavy atom. The smallest absolute Gasteiger partial charge is 0.243 e. The molecule has 0 radical (unpaired) electrons. The minimum atomic E-state index is -0.477. The van der Waals surface area contributed by atoms with Crippen molar-refractivity contribution in [2.75, 3.05) is 0 Å². The maximum Gasteiger partial charge on any atom is 0.243 e. The van der Waals surface area contributed by atoms with Crippen molar-refractivity contribution in [3.63, 3.8) is 0 Å². The molecule has 4 heteroatoms. The van der Waals surface area contributed by atoms with Gasteiger partial charge in [0.15, 0.2) is 0 Å². The van der Waals surface area contributed by atoms with Crippen LogP contribution >= 0.6 is 0 Å². The fourth-order valence-corrected chi connectivity index (χ4v) is 3.90. The van der Waals surface area contributed by atoms with Gasteiger partial charge in [-0.05, 0) is 60.8 Å². The number of nitrogens with one attached hydrogen (secondary N) is 1. The van der Waals surface area contributed by atoms with Gasteiger partial charge in [-0.2, -0.15) is 0 Å². The number of benzene rings is 2. The number of carbonyl (C=O) groups is 2. The summed E-state index contributed by atoms with van der Waals surface area (Å²) in [5.74, 6) is -0.0485. The molecule has 0 bridgehead atoms. The summed E-state index contributed by atoms with van der Waals surface area (Å²) < 4.78 is 0. The molecular weight excluding hydrogens is 408 g/mol. The van der Waals surface area contributed by atoms with Gasteiger partial charge in [0, 0.05) is 19.0 Å². The lowest BCUT2D eigenvalue weighted by Crippen LogP contribution is -2.50. The first-order valence-corrected chi connectivity index (χ1v) is 12.3. The van der Waals surface area contributed by atoms with Crippen molar-refractivity contribution in [3.8, 4) is 0 Å². The lowest BCUT2D eigenvalue weighted by atomic mass is 9.86. The Balaban J connectivity index is 2.21. The summed E-state index contributed by atoms with van der Waals surface area (Å²) in [7, 11) is 0. The second-order valence-corrected chi connectivity index (χ2v) is 10.1. The largest absolute Gasteiger partial charge is 0.352 e. The molecule has 0 aliphatic carbocycles. The first-order valence-electron chi connectivity index (χ1n) is 12.3. The lowest BCUT2D eigenvalue weighted by molar-refractivity contribution is -0.141. The molecule has 0 unspecified atom stereocenters. The molecule has 0 saturated heterocycles.